The van der Waals surface area contributed by atoms with Crippen molar-refractivity contribution in [3.8, 4) is 0 Å². The van der Waals surface area contributed by atoms with Crippen LogP contribution in [0.3, 0.4) is 0 Å². The molecule has 1 aliphatic rings. The van der Waals surface area contributed by atoms with Gasteiger partial charge in [0.05, 0.1) is 22.9 Å². The summed E-state index contributed by atoms with van der Waals surface area (Å²) in [5.41, 5.74) is 2.18. The van der Waals surface area contributed by atoms with Crippen LogP contribution in [0.4, 0.5) is 14.5 Å². The molecule has 1 fully saturated rings. The number of fused-ring (bicyclic) bond motifs is 5. The third-order valence-electron chi connectivity index (χ3n) is 5.82. The van der Waals surface area contributed by atoms with Crippen LogP contribution >= 0.6 is 0 Å². The van der Waals surface area contributed by atoms with Crippen LogP contribution in [-0.2, 0) is 0 Å². The van der Waals surface area contributed by atoms with Gasteiger partial charge in [-0.05, 0) is 26.1 Å². The number of pyridine rings is 1. The zero-order chi connectivity index (χ0) is 21.7. The summed E-state index contributed by atoms with van der Waals surface area (Å²) in [5, 5.41) is 11.9. The predicted octanol–water partition coefficient (Wildman–Crippen LogP) is 2.53. The van der Waals surface area contributed by atoms with Crippen molar-refractivity contribution in [3.05, 3.63) is 41.6 Å². The van der Waals surface area contributed by atoms with E-state index in [-0.39, 0.29) is 11.4 Å². The molecule has 0 unspecified atom stereocenters. The summed E-state index contributed by atoms with van der Waals surface area (Å²) in [6, 6.07) is 3.85. The van der Waals surface area contributed by atoms with Crippen molar-refractivity contribution in [1.29, 1.82) is 0 Å². The van der Waals surface area contributed by atoms with Crippen LogP contribution in [-0.4, -0.2) is 75.6 Å². The number of carbonyl (C=O) groups excluding carboxylic acids is 1. The van der Waals surface area contributed by atoms with Gasteiger partial charge in [0.2, 0.25) is 0 Å². The van der Waals surface area contributed by atoms with E-state index < -0.39 is 11.6 Å². The number of hydrogen-bond donors (Lipinski definition) is 1. The number of anilines is 1. The maximum absolute atomic E-state index is 14.1. The van der Waals surface area contributed by atoms with Gasteiger partial charge in [-0.1, -0.05) is 0 Å². The third-order valence-corrected chi connectivity index (χ3v) is 5.82. The number of halogens is 2. The fraction of sp³-hybridized carbons (Fsp3) is 0.333. The van der Waals surface area contributed by atoms with Gasteiger partial charge in [0, 0.05) is 44.2 Å². The van der Waals surface area contributed by atoms with E-state index in [4.69, 9.17) is 0 Å². The first-order valence-electron chi connectivity index (χ1n) is 10.1. The molecule has 0 radical (unpaired) electrons. The van der Waals surface area contributed by atoms with Crippen molar-refractivity contribution < 1.29 is 13.6 Å². The summed E-state index contributed by atoms with van der Waals surface area (Å²) in [5.74, 6) is -2.17. The lowest BCUT2D eigenvalue weighted by Gasteiger charge is -2.23. The molecule has 4 heterocycles. The van der Waals surface area contributed by atoms with E-state index in [1.807, 2.05) is 7.05 Å². The highest BCUT2D eigenvalue weighted by atomic mass is 19.2. The van der Waals surface area contributed by atoms with Crippen molar-refractivity contribution in [2.75, 3.05) is 45.6 Å². The monoisotopic (exact) mass is 425 g/mol. The fourth-order valence-corrected chi connectivity index (χ4v) is 4.26. The number of rotatable bonds is 2. The molecule has 10 heteroatoms. The average Bonchev–Trinajstić information content (AvgIpc) is 2.97. The van der Waals surface area contributed by atoms with Crippen LogP contribution < -0.4 is 5.32 Å². The Labute approximate surface area is 176 Å². The second-order valence-electron chi connectivity index (χ2n) is 7.74. The van der Waals surface area contributed by atoms with Crippen LogP contribution in [0.15, 0.2) is 24.4 Å². The van der Waals surface area contributed by atoms with Gasteiger partial charge in [-0.2, -0.15) is 5.10 Å². The minimum Gasteiger partial charge on any atom is -0.387 e. The molecule has 5 rings (SSSR count). The quantitative estimate of drug-likeness (QED) is 0.532. The highest BCUT2D eigenvalue weighted by Gasteiger charge is 2.28. The van der Waals surface area contributed by atoms with Gasteiger partial charge in [0.25, 0.3) is 5.91 Å². The van der Waals surface area contributed by atoms with Gasteiger partial charge < -0.3 is 15.1 Å². The lowest BCUT2D eigenvalue weighted by Crippen LogP contribution is -2.35. The van der Waals surface area contributed by atoms with E-state index in [1.165, 1.54) is 6.20 Å². The molecule has 0 aliphatic carbocycles. The van der Waals surface area contributed by atoms with E-state index in [0.717, 1.165) is 31.6 Å². The Kier molecular flexibility index (Phi) is 4.66. The molecule has 4 aromatic rings. The first kappa shape index (κ1) is 19.6. The lowest BCUT2D eigenvalue weighted by atomic mass is 10.1. The number of amides is 1. The number of carbonyl (C=O) groups is 1. The van der Waals surface area contributed by atoms with E-state index in [2.05, 4.69) is 25.4 Å². The molecule has 0 atom stereocenters. The number of imidazole rings is 1. The zero-order valence-electron chi connectivity index (χ0n) is 17.2. The zero-order valence-corrected chi connectivity index (χ0v) is 17.2. The number of nitrogens with one attached hydrogen (secondary N) is 1. The largest absolute Gasteiger partial charge is 0.387 e. The molecular formula is C21H21F2N7O. The normalized spacial score (nSPS) is 15.7. The first-order valence-corrected chi connectivity index (χ1v) is 10.1. The van der Waals surface area contributed by atoms with Gasteiger partial charge >= 0.3 is 0 Å². The number of hydrogen-bond acceptors (Lipinski definition) is 6. The second-order valence-corrected chi connectivity index (χ2v) is 7.74. The van der Waals surface area contributed by atoms with E-state index >= 15 is 0 Å². The van der Waals surface area contributed by atoms with Gasteiger partial charge in [-0.25, -0.2) is 13.8 Å². The van der Waals surface area contributed by atoms with Crippen LogP contribution in [0.2, 0.25) is 0 Å². The molecule has 1 saturated heterocycles. The van der Waals surface area contributed by atoms with E-state index in [0.29, 0.717) is 46.5 Å². The summed E-state index contributed by atoms with van der Waals surface area (Å²) in [6.07, 6.45) is 2.39. The number of benzene rings is 1. The molecule has 31 heavy (non-hydrogen) atoms. The Hall–Kier alpha value is -3.40. The minimum atomic E-state index is -0.997. The molecule has 0 saturated carbocycles. The smallest absolute Gasteiger partial charge is 0.259 e. The number of likely N-dealkylation sites (N-methyl/N-ethyl adjacent to an activating group) is 1. The van der Waals surface area contributed by atoms with Crippen molar-refractivity contribution in [2.24, 2.45) is 0 Å². The average molecular weight is 425 g/mol. The molecule has 8 nitrogen and oxygen atoms in total. The third kappa shape index (κ3) is 3.05. The summed E-state index contributed by atoms with van der Waals surface area (Å²) < 4.78 is 29.6. The number of aromatic nitrogens is 4. The van der Waals surface area contributed by atoms with Gasteiger partial charge in [0.15, 0.2) is 22.9 Å². The van der Waals surface area contributed by atoms with E-state index in [1.54, 1.807) is 22.4 Å². The minimum absolute atomic E-state index is 0.181. The van der Waals surface area contributed by atoms with Crippen molar-refractivity contribution >= 4 is 39.3 Å². The Morgan fingerprint density at radius 1 is 1.10 bits per heavy atom. The molecule has 1 amide bonds. The molecule has 1 aliphatic heterocycles. The Morgan fingerprint density at radius 2 is 1.90 bits per heavy atom. The van der Waals surface area contributed by atoms with Gasteiger partial charge in [-0.15, -0.1) is 5.10 Å². The summed E-state index contributed by atoms with van der Waals surface area (Å²) in [4.78, 5) is 22.3. The SMILES string of the molecule is CNc1c(C(=O)N2CCCN(C)CC2)c2nc3cc(F)c(F)cc3n2c2nnccc12. The molecular weight excluding hydrogens is 404 g/mol. The molecule has 160 valence electrons. The van der Waals surface area contributed by atoms with Crippen LogP contribution in [0.25, 0.3) is 27.7 Å². The lowest BCUT2D eigenvalue weighted by molar-refractivity contribution is 0.0765. The highest BCUT2D eigenvalue weighted by molar-refractivity contribution is 6.13. The van der Waals surface area contributed by atoms with Crippen LogP contribution in [0, 0.1) is 11.6 Å². The topological polar surface area (TPSA) is 78.7 Å². The Balaban J connectivity index is 1.85. The summed E-state index contributed by atoms with van der Waals surface area (Å²) in [6.45, 7) is 2.88. The molecule has 3 aromatic heterocycles. The molecule has 0 bridgehead atoms. The van der Waals surface area contributed by atoms with Gasteiger partial charge in [0.1, 0.15) is 5.56 Å². The van der Waals surface area contributed by atoms with Crippen LogP contribution in [0.1, 0.15) is 16.8 Å². The van der Waals surface area contributed by atoms with Crippen molar-refractivity contribution in [1.82, 2.24) is 29.4 Å². The maximum Gasteiger partial charge on any atom is 0.259 e. The van der Waals surface area contributed by atoms with Gasteiger partial charge in [-0.3, -0.25) is 9.20 Å². The molecule has 1 N–H and O–H groups in total. The fourth-order valence-electron chi connectivity index (χ4n) is 4.26. The Bertz CT molecular complexity index is 1340. The summed E-state index contributed by atoms with van der Waals surface area (Å²) >= 11 is 0. The predicted molar refractivity (Wildman–Crippen MR) is 113 cm³/mol. The van der Waals surface area contributed by atoms with Crippen molar-refractivity contribution in [2.45, 2.75) is 6.42 Å². The standard InChI is InChI=1S/C21H21F2N7O/c1-24-18-12-4-5-25-27-19(12)30-16-11-14(23)13(22)10-15(16)26-20(30)17(18)21(31)29-7-3-6-28(2)8-9-29/h4-5,10-11,24H,3,6-9H2,1-2H3. The molecule has 0 spiro atoms. The number of nitrogens with zero attached hydrogens (tertiary/aromatic N) is 6. The van der Waals surface area contributed by atoms with E-state index in [9.17, 15) is 13.6 Å². The van der Waals surface area contributed by atoms with Crippen LogP contribution in [0.5, 0.6) is 0 Å². The Morgan fingerprint density at radius 3 is 2.71 bits per heavy atom. The highest BCUT2D eigenvalue weighted by Crippen LogP contribution is 2.34. The van der Waals surface area contributed by atoms with Crippen molar-refractivity contribution in [3.63, 3.8) is 0 Å². The summed E-state index contributed by atoms with van der Waals surface area (Å²) in [7, 11) is 3.75. The first-order chi connectivity index (χ1) is 15.0. The molecule has 1 aromatic carbocycles. The maximum atomic E-state index is 14.1. The second kappa shape index (κ2) is 7.38.